The highest BCUT2D eigenvalue weighted by Crippen LogP contribution is 2.29. The molecular weight excluding hydrogens is 280 g/mol. The van der Waals surface area contributed by atoms with Gasteiger partial charge in [0.05, 0.1) is 24.2 Å². The van der Waals surface area contributed by atoms with Crippen molar-refractivity contribution in [2.45, 2.75) is 12.3 Å². The summed E-state index contributed by atoms with van der Waals surface area (Å²) in [6, 6.07) is 4.98. The van der Waals surface area contributed by atoms with Crippen LogP contribution in [0.1, 0.15) is 18.0 Å². The first-order valence-electron chi connectivity index (χ1n) is 6.01. The van der Waals surface area contributed by atoms with Crippen molar-refractivity contribution in [2.24, 2.45) is 5.92 Å². The highest BCUT2D eigenvalue weighted by atomic mass is 16.4. The third-order valence-electron chi connectivity index (χ3n) is 3.14. The normalized spacial score (nSPS) is 13.7. The minimum atomic E-state index is -1.58. The van der Waals surface area contributed by atoms with E-state index in [0.717, 1.165) is 0 Å². The summed E-state index contributed by atoms with van der Waals surface area (Å²) in [6.07, 6.45) is 2.02. The van der Waals surface area contributed by atoms with Crippen LogP contribution in [0.3, 0.4) is 0 Å². The molecule has 2 aromatic heterocycles. The number of carboxylic acids is 3. The minimum Gasteiger partial charge on any atom is -0.481 e. The largest absolute Gasteiger partial charge is 0.481 e. The summed E-state index contributed by atoms with van der Waals surface area (Å²) in [5.41, 5.74) is 0.588. The summed E-state index contributed by atoms with van der Waals surface area (Å²) >= 11 is 0. The van der Waals surface area contributed by atoms with E-state index < -0.39 is 36.2 Å². The van der Waals surface area contributed by atoms with Gasteiger partial charge in [-0.1, -0.05) is 6.07 Å². The first-order valence-corrected chi connectivity index (χ1v) is 6.01. The van der Waals surface area contributed by atoms with Gasteiger partial charge in [-0.3, -0.25) is 14.4 Å². The zero-order chi connectivity index (χ0) is 15.6. The first kappa shape index (κ1) is 14.5. The van der Waals surface area contributed by atoms with E-state index in [4.69, 9.17) is 10.2 Å². The van der Waals surface area contributed by atoms with Gasteiger partial charge in [-0.25, -0.2) is 4.98 Å². The van der Waals surface area contributed by atoms with Crippen LogP contribution in [-0.2, 0) is 14.4 Å². The third kappa shape index (κ3) is 2.83. The standard InChI is InChI=1S/C13H12N2O6/c16-10(17)5-7(12(18)19)11(13(20)21)8-6-14-9-3-1-2-4-15(8)9/h1-4,6-7,11H,5H2,(H,16,17)(H,18,19)(H,20,21). The van der Waals surface area contributed by atoms with E-state index in [2.05, 4.69) is 4.98 Å². The lowest BCUT2D eigenvalue weighted by Crippen LogP contribution is -2.31. The fraction of sp³-hybridized carbons (Fsp3) is 0.231. The molecule has 110 valence electrons. The van der Waals surface area contributed by atoms with Crippen LogP contribution in [0.5, 0.6) is 0 Å². The molecule has 2 aromatic rings. The van der Waals surface area contributed by atoms with Gasteiger partial charge in [0.2, 0.25) is 0 Å². The minimum absolute atomic E-state index is 0.131. The van der Waals surface area contributed by atoms with Crippen molar-refractivity contribution in [1.29, 1.82) is 0 Å². The zero-order valence-electron chi connectivity index (χ0n) is 10.7. The van der Waals surface area contributed by atoms with E-state index in [1.165, 1.54) is 10.6 Å². The van der Waals surface area contributed by atoms with Gasteiger partial charge in [0.15, 0.2) is 0 Å². The molecule has 0 amide bonds. The van der Waals surface area contributed by atoms with Gasteiger partial charge in [0.25, 0.3) is 0 Å². The Labute approximate surface area is 118 Å². The fourth-order valence-electron chi connectivity index (χ4n) is 2.22. The molecule has 0 aliphatic heterocycles. The topological polar surface area (TPSA) is 129 Å². The number of aromatic nitrogens is 2. The second-order valence-electron chi connectivity index (χ2n) is 4.47. The molecule has 2 rings (SSSR count). The van der Waals surface area contributed by atoms with Crippen LogP contribution in [0.15, 0.2) is 30.6 Å². The predicted octanol–water partition coefficient (Wildman–Crippen LogP) is 0.678. The van der Waals surface area contributed by atoms with Crippen LogP contribution in [0, 0.1) is 5.92 Å². The Bertz CT molecular complexity index is 708. The number of pyridine rings is 1. The molecule has 2 heterocycles. The summed E-state index contributed by atoms with van der Waals surface area (Å²) in [4.78, 5) is 37.5. The van der Waals surface area contributed by atoms with Crippen molar-refractivity contribution in [3.63, 3.8) is 0 Å². The van der Waals surface area contributed by atoms with Gasteiger partial charge < -0.3 is 19.7 Å². The number of rotatable bonds is 6. The van der Waals surface area contributed by atoms with Crippen LogP contribution in [0.4, 0.5) is 0 Å². The summed E-state index contributed by atoms with van der Waals surface area (Å²) in [5.74, 6) is -7.34. The molecule has 0 saturated heterocycles. The Morgan fingerprint density at radius 1 is 1.14 bits per heavy atom. The summed E-state index contributed by atoms with van der Waals surface area (Å²) in [6.45, 7) is 0. The van der Waals surface area contributed by atoms with E-state index in [9.17, 15) is 19.5 Å². The zero-order valence-corrected chi connectivity index (χ0v) is 10.7. The lowest BCUT2D eigenvalue weighted by molar-refractivity contribution is -0.154. The van der Waals surface area contributed by atoms with E-state index >= 15 is 0 Å². The molecule has 0 spiro atoms. The predicted molar refractivity (Wildman–Crippen MR) is 68.9 cm³/mol. The van der Waals surface area contributed by atoms with Gasteiger partial charge >= 0.3 is 17.9 Å². The number of nitrogens with zero attached hydrogens (tertiary/aromatic N) is 2. The lowest BCUT2D eigenvalue weighted by Gasteiger charge is -2.18. The molecule has 8 heteroatoms. The van der Waals surface area contributed by atoms with Crippen molar-refractivity contribution < 1.29 is 29.7 Å². The second-order valence-corrected chi connectivity index (χ2v) is 4.47. The Balaban J connectivity index is 2.54. The van der Waals surface area contributed by atoms with Gasteiger partial charge in [0, 0.05) is 6.20 Å². The summed E-state index contributed by atoms with van der Waals surface area (Å²) in [7, 11) is 0. The Hall–Kier alpha value is -2.90. The van der Waals surface area contributed by atoms with Gasteiger partial charge in [-0.15, -0.1) is 0 Å². The van der Waals surface area contributed by atoms with E-state index in [1.807, 2.05) is 0 Å². The molecule has 2 unspecified atom stereocenters. The number of carbonyl (C=O) groups is 3. The third-order valence-corrected chi connectivity index (χ3v) is 3.14. The molecule has 0 bridgehead atoms. The van der Waals surface area contributed by atoms with E-state index in [0.29, 0.717) is 5.65 Å². The smallest absolute Gasteiger partial charge is 0.313 e. The maximum atomic E-state index is 11.5. The maximum Gasteiger partial charge on any atom is 0.313 e. The summed E-state index contributed by atoms with van der Waals surface area (Å²) < 4.78 is 1.44. The van der Waals surface area contributed by atoms with Gasteiger partial charge in [-0.05, 0) is 12.1 Å². The number of carboxylic acid groups (broad SMARTS) is 3. The molecule has 3 N–H and O–H groups in total. The van der Waals surface area contributed by atoms with Gasteiger partial charge in [0.1, 0.15) is 11.6 Å². The molecule has 0 fully saturated rings. The first-order chi connectivity index (χ1) is 9.91. The average Bonchev–Trinajstić information content (AvgIpc) is 2.81. The van der Waals surface area contributed by atoms with Crippen molar-refractivity contribution in [3.8, 4) is 0 Å². The number of hydrogen-bond donors (Lipinski definition) is 3. The maximum absolute atomic E-state index is 11.5. The molecule has 0 aliphatic carbocycles. The van der Waals surface area contributed by atoms with Gasteiger partial charge in [-0.2, -0.15) is 0 Å². The molecule has 8 nitrogen and oxygen atoms in total. The van der Waals surface area contributed by atoms with Crippen molar-refractivity contribution in [1.82, 2.24) is 9.38 Å². The Morgan fingerprint density at radius 3 is 2.43 bits per heavy atom. The number of imidazole rings is 1. The highest BCUT2D eigenvalue weighted by molar-refractivity contribution is 5.87. The monoisotopic (exact) mass is 292 g/mol. The second kappa shape index (κ2) is 5.61. The number of hydrogen-bond acceptors (Lipinski definition) is 4. The van der Waals surface area contributed by atoms with Crippen molar-refractivity contribution in [3.05, 3.63) is 36.3 Å². The van der Waals surface area contributed by atoms with Crippen LogP contribution in [0.25, 0.3) is 5.65 Å². The van der Waals surface area contributed by atoms with Crippen LogP contribution < -0.4 is 0 Å². The Kier molecular flexibility index (Phi) is 3.88. The van der Waals surface area contributed by atoms with Crippen LogP contribution >= 0.6 is 0 Å². The Morgan fingerprint density at radius 2 is 1.86 bits per heavy atom. The number of aliphatic carboxylic acids is 3. The average molecular weight is 292 g/mol. The van der Waals surface area contributed by atoms with E-state index in [1.54, 1.807) is 24.4 Å². The molecule has 0 aromatic carbocycles. The fourth-order valence-corrected chi connectivity index (χ4v) is 2.22. The highest BCUT2D eigenvalue weighted by Gasteiger charge is 2.38. The number of fused-ring (bicyclic) bond motifs is 1. The molecule has 0 radical (unpaired) electrons. The van der Waals surface area contributed by atoms with E-state index in [-0.39, 0.29) is 5.69 Å². The lowest BCUT2D eigenvalue weighted by atomic mass is 9.87. The van der Waals surface area contributed by atoms with Crippen molar-refractivity contribution >= 4 is 23.6 Å². The molecule has 2 atom stereocenters. The molecular formula is C13H12N2O6. The molecule has 0 saturated carbocycles. The SMILES string of the molecule is O=C(O)CC(C(=O)O)C(C(=O)O)c1cnc2ccccn12. The van der Waals surface area contributed by atoms with Crippen LogP contribution in [-0.4, -0.2) is 42.6 Å². The summed E-state index contributed by atoms with van der Waals surface area (Å²) in [5, 5.41) is 27.3. The quantitative estimate of drug-likeness (QED) is 0.713. The van der Waals surface area contributed by atoms with Crippen LogP contribution in [0.2, 0.25) is 0 Å². The molecule has 21 heavy (non-hydrogen) atoms. The van der Waals surface area contributed by atoms with Crippen molar-refractivity contribution in [2.75, 3.05) is 0 Å². The molecule has 0 aliphatic rings.